The van der Waals surface area contributed by atoms with Gasteiger partial charge in [-0.3, -0.25) is 0 Å². The fraction of sp³-hybridized carbons (Fsp3) is 1.00. The van der Waals surface area contributed by atoms with Crippen molar-refractivity contribution in [1.82, 2.24) is 3.11 Å². The fourth-order valence-corrected chi connectivity index (χ4v) is 2.92. The van der Waals surface area contributed by atoms with Gasteiger partial charge in [-0.05, 0) is 18.5 Å². The van der Waals surface area contributed by atoms with Crippen LogP contribution in [0.5, 0.6) is 0 Å². The van der Waals surface area contributed by atoms with Gasteiger partial charge in [-0.1, -0.05) is 6.92 Å². The predicted molar refractivity (Wildman–Crippen MR) is 56.7 cm³/mol. The molecule has 1 rings (SSSR count). The van der Waals surface area contributed by atoms with E-state index in [1.54, 1.807) is 0 Å². The Bertz CT molecular complexity index is 189. The molecule has 0 aromatic heterocycles. The Balaban J connectivity index is 2.84. The minimum Gasteiger partial charge on any atom is -0.303 e. The molecule has 2 N–H and O–H groups in total. The van der Waals surface area contributed by atoms with Crippen molar-refractivity contribution in [3.05, 3.63) is 4.91 Å². The molecule has 3 atom stereocenters. The van der Waals surface area contributed by atoms with Crippen molar-refractivity contribution < 1.29 is 0 Å². The maximum atomic E-state index is 10.6. The van der Waals surface area contributed by atoms with Gasteiger partial charge in [0.2, 0.25) is 0 Å². The highest BCUT2D eigenvalue weighted by molar-refractivity contribution is 14.1. The summed E-state index contributed by atoms with van der Waals surface area (Å²) in [7, 11) is 0. The summed E-state index contributed by atoms with van der Waals surface area (Å²) in [6.45, 7) is 4.09. The number of halogens is 1. The summed E-state index contributed by atoms with van der Waals surface area (Å²) < 4.78 is 2.11. The van der Waals surface area contributed by atoms with E-state index in [0.717, 1.165) is 6.42 Å². The number of nitroso groups, excluding NO2 is 1. The van der Waals surface area contributed by atoms with E-state index < -0.39 is 5.66 Å². The molecule has 3 unspecified atom stereocenters. The van der Waals surface area contributed by atoms with E-state index in [9.17, 15) is 4.91 Å². The highest BCUT2D eigenvalue weighted by Crippen LogP contribution is 2.36. The molecule has 1 saturated heterocycles. The van der Waals surface area contributed by atoms with Crippen molar-refractivity contribution >= 4 is 22.9 Å². The first-order valence-corrected chi connectivity index (χ1v) is 5.09. The fourth-order valence-electron chi connectivity index (χ4n) is 1.84. The molecule has 0 spiro atoms. The van der Waals surface area contributed by atoms with E-state index >= 15 is 0 Å². The number of hydrogen-bond donors (Lipinski definition) is 1. The molecule has 1 aliphatic rings. The van der Waals surface area contributed by atoms with E-state index in [-0.39, 0.29) is 6.04 Å². The summed E-state index contributed by atoms with van der Waals surface area (Å²) in [5.74, 6) is 0. The molecule has 0 aromatic carbocycles. The Morgan fingerprint density at radius 1 is 1.83 bits per heavy atom. The summed E-state index contributed by atoms with van der Waals surface area (Å²) in [4.78, 5) is 10.6. The molecule has 0 aromatic rings. The second-order valence-corrected chi connectivity index (χ2v) is 4.52. The lowest BCUT2D eigenvalue weighted by Gasteiger charge is -2.25. The zero-order chi connectivity index (χ0) is 9.35. The van der Waals surface area contributed by atoms with Crippen LogP contribution in [0.1, 0.15) is 26.7 Å². The van der Waals surface area contributed by atoms with Crippen molar-refractivity contribution in [1.29, 1.82) is 0 Å². The number of rotatable bonds is 2. The van der Waals surface area contributed by atoms with Gasteiger partial charge in [-0.2, -0.15) is 0 Å². The molecular formula is C7H14IN3O. The van der Waals surface area contributed by atoms with E-state index in [1.165, 1.54) is 0 Å². The molecule has 0 aliphatic carbocycles. The minimum atomic E-state index is -0.866. The Hall–Kier alpha value is 0.250. The molecule has 5 heteroatoms. The van der Waals surface area contributed by atoms with Gasteiger partial charge in [0.15, 0.2) is 5.66 Å². The first kappa shape index (κ1) is 10.3. The molecule has 70 valence electrons. The molecule has 0 saturated carbocycles. The molecule has 0 radical (unpaired) electrons. The van der Waals surface area contributed by atoms with Crippen LogP contribution < -0.4 is 5.73 Å². The van der Waals surface area contributed by atoms with Crippen molar-refractivity contribution in [2.75, 3.05) is 0 Å². The van der Waals surface area contributed by atoms with E-state index in [1.807, 2.05) is 6.92 Å². The van der Waals surface area contributed by atoms with Crippen LogP contribution in [0, 0.1) is 4.91 Å². The Morgan fingerprint density at radius 2 is 2.42 bits per heavy atom. The van der Waals surface area contributed by atoms with E-state index in [2.05, 4.69) is 38.1 Å². The van der Waals surface area contributed by atoms with Crippen molar-refractivity contribution in [3.8, 4) is 0 Å². The van der Waals surface area contributed by atoms with Gasteiger partial charge >= 0.3 is 0 Å². The van der Waals surface area contributed by atoms with Crippen LogP contribution in [0.4, 0.5) is 0 Å². The van der Waals surface area contributed by atoms with E-state index in [0.29, 0.717) is 12.5 Å². The number of nitrogens with two attached hydrogens (primary N) is 1. The standard InChI is InChI=1S/C7H14IN3O/c1-3-6-7(9,10-12)4-5(2)11(6)8/h5-6H,3-4,9H2,1-2H3. The van der Waals surface area contributed by atoms with Gasteiger partial charge < -0.3 is 5.73 Å². The van der Waals surface area contributed by atoms with Gasteiger partial charge in [0.25, 0.3) is 0 Å². The molecule has 0 amide bonds. The second-order valence-electron chi connectivity index (χ2n) is 3.40. The van der Waals surface area contributed by atoms with Crippen molar-refractivity contribution in [2.45, 2.75) is 44.4 Å². The van der Waals surface area contributed by atoms with Crippen molar-refractivity contribution in [2.24, 2.45) is 10.9 Å². The Morgan fingerprint density at radius 3 is 2.75 bits per heavy atom. The zero-order valence-electron chi connectivity index (χ0n) is 7.33. The van der Waals surface area contributed by atoms with Crippen LogP contribution in [-0.4, -0.2) is 20.9 Å². The van der Waals surface area contributed by atoms with Crippen LogP contribution in [0.3, 0.4) is 0 Å². The monoisotopic (exact) mass is 283 g/mol. The lowest BCUT2D eigenvalue weighted by molar-refractivity contribution is 0.319. The summed E-state index contributed by atoms with van der Waals surface area (Å²) in [6.07, 6.45) is 1.54. The highest BCUT2D eigenvalue weighted by atomic mass is 127. The number of nitrogens with zero attached hydrogens (tertiary/aromatic N) is 2. The molecule has 1 aliphatic heterocycles. The molecule has 1 fully saturated rings. The minimum absolute atomic E-state index is 0.0885. The van der Waals surface area contributed by atoms with Gasteiger partial charge in [-0.15, -0.1) is 4.91 Å². The van der Waals surface area contributed by atoms with Gasteiger partial charge in [0, 0.05) is 35.3 Å². The van der Waals surface area contributed by atoms with E-state index in [4.69, 9.17) is 5.73 Å². The SMILES string of the molecule is CCC1N(I)C(C)CC1(N)N=O. The third-order valence-corrected chi connectivity index (χ3v) is 4.10. The molecule has 1 heterocycles. The average Bonchev–Trinajstić information content (AvgIpc) is 2.25. The van der Waals surface area contributed by atoms with Crippen LogP contribution in [0.25, 0.3) is 0 Å². The maximum Gasteiger partial charge on any atom is 0.168 e. The summed E-state index contributed by atoms with van der Waals surface area (Å²) in [5, 5.41) is 3.05. The Kier molecular flexibility index (Phi) is 3.06. The first-order chi connectivity index (χ1) is 5.55. The van der Waals surface area contributed by atoms with Crippen LogP contribution >= 0.6 is 22.9 Å². The van der Waals surface area contributed by atoms with Gasteiger partial charge in [0.1, 0.15) is 0 Å². The van der Waals surface area contributed by atoms with Crippen LogP contribution in [0.2, 0.25) is 0 Å². The smallest absolute Gasteiger partial charge is 0.168 e. The topological polar surface area (TPSA) is 58.7 Å². The van der Waals surface area contributed by atoms with Crippen molar-refractivity contribution in [3.63, 3.8) is 0 Å². The largest absolute Gasteiger partial charge is 0.303 e. The normalized spacial score (nSPS) is 43.3. The molecular weight excluding hydrogens is 269 g/mol. The second kappa shape index (κ2) is 3.55. The highest BCUT2D eigenvalue weighted by Gasteiger charge is 2.48. The zero-order valence-corrected chi connectivity index (χ0v) is 9.48. The summed E-state index contributed by atoms with van der Waals surface area (Å²) in [5.41, 5.74) is 5.00. The summed E-state index contributed by atoms with van der Waals surface area (Å²) in [6, 6.07) is 0.434. The third-order valence-electron chi connectivity index (χ3n) is 2.47. The molecule has 12 heavy (non-hydrogen) atoms. The first-order valence-electron chi connectivity index (χ1n) is 4.12. The van der Waals surface area contributed by atoms with Gasteiger partial charge in [-0.25, -0.2) is 3.11 Å². The lowest BCUT2D eigenvalue weighted by Crippen LogP contribution is -2.47. The number of hydrogen-bond acceptors (Lipinski definition) is 4. The van der Waals surface area contributed by atoms with Gasteiger partial charge in [0.05, 0.1) is 6.04 Å². The quantitative estimate of drug-likeness (QED) is 0.476. The van der Waals surface area contributed by atoms with Crippen LogP contribution in [-0.2, 0) is 0 Å². The third kappa shape index (κ3) is 1.49. The maximum absolute atomic E-state index is 10.6. The molecule has 0 bridgehead atoms. The lowest BCUT2D eigenvalue weighted by atomic mass is 10.0. The Labute approximate surface area is 86.3 Å². The molecule has 4 nitrogen and oxygen atoms in total. The predicted octanol–water partition coefficient (Wildman–Crippen LogP) is 1.63. The van der Waals surface area contributed by atoms with Crippen LogP contribution in [0.15, 0.2) is 5.18 Å². The summed E-state index contributed by atoms with van der Waals surface area (Å²) >= 11 is 2.22. The average molecular weight is 283 g/mol.